The molecule has 3 atom stereocenters. The van der Waals surface area contributed by atoms with Crippen LogP contribution in [0, 0.1) is 25.7 Å². The van der Waals surface area contributed by atoms with Gasteiger partial charge in [-0.05, 0) is 44.1 Å². The second-order valence-corrected chi connectivity index (χ2v) is 6.29. The van der Waals surface area contributed by atoms with Crippen LogP contribution in [0.25, 0.3) is 0 Å². The lowest BCUT2D eigenvalue weighted by Crippen LogP contribution is -2.28. The summed E-state index contributed by atoms with van der Waals surface area (Å²) in [5, 5.41) is 12.0. The van der Waals surface area contributed by atoms with E-state index < -0.39 is 0 Å². The van der Waals surface area contributed by atoms with Crippen molar-refractivity contribution >= 4 is 23.0 Å². The third-order valence-electron chi connectivity index (χ3n) is 4.77. The van der Waals surface area contributed by atoms with Gasteiger partial charge in [-0.3, -0.25) is 0 Å². The van der Waals surface area contributed by atoms with E-state index in [-0.39, 0.29) is 0 Å². The summed E-state index contributed by atoms with van der Waals surface area (Å²) in [4.78, 5) is 0.390. The van der Waals surface area contributed by atoms with Crippen molar-refractivity contribution in [1.82, 2.24) is 10.2 Å². The quantitative estimate of drug-likeness (QED) is 0.835. The summed E-state index contributed by atoms with van der Waals surface area (Å²) in [7, 11) is 0. The Bertz CT molecular complexity index is 515. The summed E-state index contributed by atoms with van der Waals surface area (Å²) < 4.78 is 0. The Morgan fingerprint density at radius 1 is 1.35 bits per heavy atom. The molecule has 20 heavy (non-hydrogen) atoms. The summed E-state index contributed by atoms with van der Waals surface area (Å²) in [6, 6.07) is 0.435. The zero-order chi connectivity index (χ0) is 14.9. The van der Waals surface area contributed by atoms with Crippen molar-refractivity contribution < 1.29 is 0 Å². The number of aryl methyl sites for hydroxylation is 1. The van der Waals surface area contributed by atoms with Crippen LogP contribution in [0.3, 0.4) is 0 Å². The number of hydrogen-bond donors (Lipinski definition) is 2. The van der Waals surface area contributed by atoms with Crippen LogP contribution in [-0.4, -0.2) is 21.2 Å². The molecule has 0 radical (unpaired) electrons. The van der Waals surface area contributed by atoms with E-state index in [1.807, 2.05) is 13.8 Å². The summed E-state index contributed by atoms with van der Waals surface area (Å²) in [6.45, 7) is 8.50. The van der Waals surface area contributed by atoms with Gasteiger partial charge in [0.2, 0.25) is 0 Å². The fourth-order valence-electron chi connectivity index (χ4n) is 3.21. The smallest absolute Gasteiger partial charge is 0.159 e. The molecule has 110 valence electrons. The molecule has 4 nitrogen and oxygen atoms in total. The highest BCUT2D eigenvalue weighted by atomic mass is 32.1. The lowest BCUT2D eigenvalue weighted by molar-refractivity contribution is 0.391. The molecule has 1 fully saturated rings. The molecule has 0 spiro atoms. The molecule has 1 aliphatic rings. The predicted octanol–water partition coefficient (Wildman–Crippen LogP) is 2.96. The van der Waals surface area contributed by atoms with E-state index in [1.165, 1.54) is 19.3 Å². The maximum atomic E-state index is 5.87. The highest BCUT2D eigenvalue weighted by molar-refractivity contribution is 7.80. The van der Waals surface area contributed by atoms with E-state index >= 15 is 0 Å². The minimum absolute atomic E-state index is 0.390. The number of nitrogens with zero attached hydrogens (tertiary/aromatic N) is 2. The molecule has 0 saturated heterocycles. The van der Waals surface area contributed by atoms with Crippen molar-refractivity contribution in [1.29, 1.82) is 0 Å². The molecule has 0 aromatic carbocycles. The second-order valence-electron chi connectivity index (χ2n) is 5.85. The van der Waals surface area contributed by atoms with Gasteiger partial charge in [0.1, 0.15) is 4.99 Å². The molecular formula is C15H24N4S. The lowest BCUT2D eigenvalue weighted by atomic mass is 9.93. The number of anilines is 1. The van der Waals surface area contributed by atoms with Crippen molar-refractivity contribution in [2.75, 3.05) is 5.32 Å². The topological polar surface area (TPSA) is 63.8 Å². The van der Waals surface area contributed by atoms with Gasteiger partial charge in [-0.2, -0.15) is 5.10 Å². The van der Waals surface area contributed by atoms with Crippen LogP contribution in [0.2, 0.25) is 0 Å². The average molecular weight is 292 g/mol. The molecule has 0 bridgehead atoms. The third kappa shape index (κ3) is 2.77. The molecular weight excluding hydrogens is 268 g/mol. The van der Waals surface area contributed by atoms with Gasteiger partial charge in [-0.25, -0.2) is 0 Å². The van der Waals surface area contributed by atoms with E-state index in [9.17, 15) is 0 Å². The van der Waals surface area contributed by atoms with Crippen LogP contribution in [0.15, 0.2) is 0 Å². The van der Waals surface area contributed by atoms with Gasteiger partial charge < -0.3 is 11.1 Å². The number of nitrogens with one attached hydrogen (secondary N) is 1. The summed E-state index contributed by atoms with van der Waals surface area (Å²) in [5.74, 6) is 2.18. The molecule has 1 aromatic heterocycles. The van der Waals surface area contributed by atoms with Gasteiger partial charge in [-0.15, -0.1) is 5.10 Å². The Morgan fingerprint density at radius 2 is 2.05 bits per heavy atom. The number of rotatable bonds is 4. The summed E-state index contributed by atoms with van der Waals surface area (Å²) >= 11 is 5.18. The normalized spacial score (nSPS) is 25.7. The van der Waals surface area contributed by atoms with Crippen molar-refractivity contribution in [3.63, 3.8) is 0 Å². The standard InChI is InChI=1S/C15H24N4S/c1-5-11-6-7-12(9(11)3)17-15-13(14(16)20)8(2)10(4)18-19-15/h9,11-12H,5-7H2,1-4H3,(H2,16,20)(H,17,19). The van der Waals surface area contributed by atoms with Gasteiger partial charge >= 0.3 is 0 Å². The Balaban J connectivity index is 2.26. The highest BCUT2D eigenvalue weighted by Gasteiger charge is 2.32. The number of hydrogen-bond acceptors (Lipinski definition) is 4. The molecule has 5 heteroatoms. The summed E-state index contributed by atoms with van der Waals surface area (Å²) in [5.41, 5.74) is 8.62. The fraction of sp³-hybridized carbons (Fsp3) is 0.667. The monoisotopic (exact) mass is 292 g/mol. The molecule has 1 aromatic rings. The maximum absolute atomic E-state index is 5.87. The zero-order valence-corrected chi connectivity index (χ0v) is 13.5. The number of aromatic nitrogens is 2. The average Bonchev–Trinajstić information content (AvgIpc) is 2.74. The Hall–Kier alpha value is -1.23. The van der Waals surface area contributed by atoms with Gasteiger partial charge in [0.15, 0.2) is 5.82 Å². The van der Waals surface area contributed by atoms with Gasteiger partial charge in [-0.1, -0.05) is 32.5 Å². The first-order valence-corrected chi connectivity index (χ1v) is 7.76. The Kier molecular flexibility index (Phi) is 4.58. The molecule has 2 rings (SSSR count). The first kappa shape index (κ1) is 15.2. The van der Waals surface area contributed by atoms with Crippen molar-refractivity contribution in [2.24, 2.45) is 17.6 Å². The molecule has 0 aliphatic heterocycles. The molecule has 1 saturated carbocycles. The largest absolute Gasteiger partial charge is 0.389 e. The third-order valence-corrected chi connectivity index (χ3v) is 4.98. The van der Waals surface area contributed by atoms with Gasteiger partial charge in [0, 0.05) is 6.04 Å². The van der Waals surface area contributed by atoms with Crippen molar-refractivity contribution in [3.8, 4) is 0 Å². The molecule has 3 N–H and O–H groups in total. The first-order valence-electron chi connectivity index (χ1n) is 7.35. The van der Waals surface area contributed by atoms with Crippen LogP contribution in [0.4, 0.5) is 5.82 Å². The molecule has 1 heterocycles. The minimum atomic E-state index is 0.390. The number of nitrogens with two attached hydrogens (primary N) is 1. The first-order chi connectivity index (χ1) is 9.45. The highest BCUT2D eigenvalue weighted by Crippen LogP contribution is 2.36. The molecule has 1 aliphatic carbocycles. The van der Waals surface area contributed by atoms with E-state index in [0.29, 0.717) is 16.9 Å². The van der Waals surface area contributed by atoms with Crippen LogP contribution < -0.4 is 11.1 Å². The maximum Gasteiger partial charge on any atom is 0.159 e. The number of thiocarbonyl (C=S) groups is 1. The summed E-state index contributed by atoms with van der Waals surface area (Å²) in [6.07, 6.45) is 3.68. The van der Waals surface area contributed by atoms with E-state index in [4.69, 9.17) is 18.0 Å². The van der Waals surface area contributed by atoms with Gasteiger partial charge in [0.25, 0.3) is 0 Å². The lowest BCUT2D eigenvalue weighted by Gasteiger charge is -2.23. The van der Waals surface area contributed by atoms with Crippen LogP contribution in [0.5, 0.6) is 0 Å². The Morgan fingerprint density at radius 3 is 2.60 bits per heavy atom. The molecule has 3 unspecified atom stereocenters. The molecule has 0 amide bonds. The van der Waals surface area contributed by atoms with Crippen molar-refractivity contribution in [2.45, 2.75) is 53.0 Å². The van der Waals surface area contributed by atoms with E-state index in [1.54, 1.807) is 0 Å². The van der Waals surface area contributed by atoms with Crippen molar-refractivity contribution in [3.05, 3.63) is 16.8 Å². The Labute approximate surface area is 126 Å². The fourth-order valence-corrected chi connectivity index (χ4v) is 3.46. The minimum Gasteiger partial charge on any atom is -0.389 e. The SMILES string of the molecule is CCC1CCC(Nc2nnc(C)c(C)c2C(N)=S)C1C. The second kappa shape index (κ2) is 6.04. The predicted molar refractivity (Wildman–Crippen MR) is 87.0 cm³/mol. The van der Waals surface area contributed by atoms with E-state index in [2.05, 4.69) is 29.4 Å². The van der Waals surface area contributed by atoms with E-state index in [0.717, 1.165) is 28.6 Å². The van der Waals surface area contributed by atoms with Crippen LogP contribution in [0.1, 0.15) is 49.9 Å². The van der Waals surface area contributed by atoms with Crippen LogP contribution in [-0.2, 0) is 0 Å². The van der Waals surface area contributed by atoms with Crippen LogP contribution >= 0.6 is 12.2 Å². The zero-order valence-electron chi connectivity index (χ0n) is 12.7. The van der Waals surface area contributed by atoms with Gasteiger partial charge in [0.05, 0.1) is 11.3 Å².